The lowest BCUT2D eigenvalue weighted by Crippen LogP contribution is -2.51. The highest BCUT2D eigenvalue weighted by Gasteiger charge is 2.45. The van der Waals surface area contributed by atoms with E-state index < -0.39 is 0 Å². The number of hydrogen-bond donors (Lipinski definition) is 1. The maximum absolute atomic E-state index is 16.5. The summed E-state index contributed by atoms with van der Waals surface area (Å²) in [6.45, 7) is 6.79. The number of rotatable bonds is 6. The fourth-order valence-electron chi connectivity index (χ4n) is 7.82. The summed E-state index contributed by atoms with van der Waals surface area (Å²) in [6.07, 6.45) is 11.1. The standard InChI is InChI=1S/C31H37FN6O/c1-30(12-13-30)24-7-3-2-6-22(24)26-25(32)27-23(16-33-26)28(37-17-20-8-9-21(18-37)34-20)36-29(35-27)39-19-31-10-4-14-38(31)15-5-11-31/h2-3,6-7,16,20-21,34H,4-5,8-15,17-19H2,1H3/t20-,21+. The lowest BCUT2D eigenvalue weighted by Gasteiger charge is -2.34. The van der Waals surface area contributed by atoms with Crippen LogP contribution >= 0.6 is 0 Å². The summed E-state index contributed by atoms with van der Waals surface area (Å²) in [5.74, 6) is 0.373. The van der Waals surface area contributed by atoms with Crippen LogP contribution in [0.1, 0.15) is 63.9 Å². The van der Waals surface area contributed by atoms with Crippen LogP contribution in [0.4, 0.5) is 10.2 Å². The maximum Gasteiger partial charge on any atom is 0.319 e. The van der Waals surface area contributed by atoms with E-state index in [9.17, 15) is 0 Å². The number of ether oxygens (including phenoxy) is 1. The summed E-state index contributed by atoms with van der Waals surface area (Å²) in [6, 6.07) is 9.30. The van der Waals surface area contributed by atoms with E-state index in [2.05, 4.69) is 28.1 Å². The van der Waals surface area contributed by atoms with Crippen LogP contribution in [0, 0.1) is 5.82 Å². The van der Waals surface area contributed by atoms with E-state index in [0.717, 1.165) is 76.1 Å². The number of halogens is 1. The molecule has 0 amide bonds. The van der Waals surface area contributed by atoms with Crippen LogP contribution < -0.4 is 15.0 Å². The van der Waals surface area contributed by atoms with Gasteiger partial charge in [0.15, 0.2) is 5.82 Å². The van der Waals surface area contributed by atoms with Gasteiger partial charge in [0, 0.05) is 36.9 Å². The maximum atomic E-state index is 16.5. The van der Waals surface area contributed by atoms with E-state index in [-0.39, 0.29) is 22.8 Å². The summed E-state index contributed by atoms with van der Waals surface area (Å²) in [4.78, 5) is 19.3. The molecule has 3 aromatic rings. The minimum Gasteiger partial charge on any atom is -0.461 e. The van der Waals surface area contributed by atoms with Crippen LogP contribution in [0.25, 0.3) is 22.2 Å². The second-order valence-corrected chi connectivity index (χ2v) is 12.9. The highest BCUT2D eigenvalue weighted by molar-refractivity contribution is 5.92. The Balaban J connectivity index is 1.23. The van der Waals surface area contributed by atoms with Gasteiger partial charge in [-0.1, -0.05) is 31.2 Å². The summed E-state index contributed by atoms with van der Waals surface area (Å²) >= 11 is 0. The van der Waals surface area contributed by atoms with E-state index in [0.29, 0.717) is 35.3 Å². The zero-order chi connectivity index (χ0) is 26.2. The average molecular weight is 529 g/mol. The van der Waals surface area contributed by atoms with Gasteiger partial charge in [-0.25, -0.2) is 4.39 Å². The summed E-state index contributed by atoms with van der Waals surface area (Å²) < 4.78 is 22.9. The van der Waals surface area contributed by atoms with Gasteiger partial charge >= 0.3 is 6.01 Å². The summed E-state index contributed by atoms with van der Waals surface area (Å²) in [5.41, 5.74) is 2.90. The molecule has 1 aromatic carbocycles. The Bertz CT molecular complexity index is 1420. The third-order valence-electron chi connectivity index (χ3n) is 10.3. The smallest absolute Gasteiger partial charge is 0.319 e. The number of anilines is 1. The highest BCUT2D eigenvalue weighted by atomic mass is 19.1. The normalized spacial score (nSPS) is 26.8. The van der Waals surface area contributed by atoms with Crippen molar-refractivity contribution in [2.45, 2.75) is 81.3 Å². The van der Waals surface area contributed by atoms with Gasteiger partial charge in [0.1, 0.15) is 23.6 Å². The second-order valence-electron chi connectivity index (χ2n) is 12.9. The van der Waals surface area contributed by atoms with E-state index in [1.54, 1.807) is 6.20 Å². The lowest BCUT2D eigenvalue weighted by atomic mass is 9.91. The van der Waals surface area contributed by atoms with Crippen molar-refractivity contribution >= 4 is 16.7 Å². The molecule has 8 heteroatoms. The van der Waals surface area contributed by atoms with Crippen molar-refractivity contribution in [2.24, 2.45) is 0 Å². The van der Waals surface area contributed by atoms with Crippen LogP contribution in [0.2, 0.25) is 0 Å². The molecule has 5 aliphatic rings. The first-order chi connectivity index (χ1) is 19.0. The number of aromatic nitrogens is 3. The van der Waals surface area contributed by atoms with Crippen molar-refractivity contribution in [3.05, 3.63) is 41.8 Å². The van der Waals surface area contributed by atoms with Crippen LogP contribution in [-0.2, 0) is 5.41 Å². The average Bonchev–Trinajstić information content (AvgIpc) is 3.24. The molecule has 2 atom stereocenters. The predicted molar refractivity (Wildman–Crippen MR) is 150 cm³/mol. The number of nitrogens with one attached hydrogen (secondary N) is 1. The Hall–Kier alpha value is -2.84. The van der Waals surface area contributed by atoms with Crippen molar-refractivity contribution < 1.29 is 9.13 Å². The van der Waals surface area contributed by atoms with Crippen molar-refractivity contribution in [1.29, 1.82) is 0 Å². The molecule has 1 saturated carbocycles. The molecular weight excluding hydrogens is 491 g/mol. The Labute approximate surface area is 229 Å². The van der Waals surface area contributed by atoms with E-state index in [1.807, 2.05) is 18.2 Å². The van der Waals surface area contributed by atoms with Crippen LogP contribution in [-0.4, -0.2) is 70.3 Å². The zero-order valence-corrected chi connectivity index (χ0v) is 22.8. The first-order valence-corrected chi connectivity index (χ1v) is 14.9. The SMILES string of the molecule is CC1(c2ccccc2-c2ncc3c(N4C[C@H]5CC[C@@H](C4)N5)nc(OCC45CCCN4CCC5)nc3c2F)CC1. The highest BCUT2D eigenvalue weighted by Crippen LogP contribution is 2.51. The third kappa shape index (κ3) is 3.93. The van der Waals surface area contributed by atoms with Gasteiger partial charge in [0.25, 0.3) is 0 Å². The van der Waals surface area contributed by atoms with Crippen LogP contribution in [0.15, 0.2) is 30.5 Å². The van der Waals surface area contributed by atoms with Gasteiger partial charge in [0.05, 0.1) is 10.9 Å². The molecule has 0 spiro atoms. The molecule has 204 valence electrons. The van der Waals surface area contributed by atoms with E-state index >= 15 is 4.39 Å². The molecule has 0 unspecified atom stereocenters. The van der Waals surface area contributed by atoms with Gasteiger partial charge < -0.3 is 15.0 Å². The van der Waals surface area contributed by atoms with Crippen molar-refractivity contribution in [3.63, 3.8) is 0 Å². The first-order valence-electron chi connectivity index (χ1n) is 14.9. The van der Waals surface area contributed by atoms with Crippen molar-refractivity contribution in [2.75, 3.05) is 37.7 Å². The predicted octanol–water partition coefficient (Wildman–Crippen LogP) is 4.83. The topological polar surface area (TPSA) is 66.4 Å². The Morgan fingerprint density at radius 1 is 1.03 bits per heavy atom. The molecule has 5 fully saturated rings. The third-order valence-corrected chi connectivity index (χ3v) is 10.3. The van der Waals surface area contributed by atoms with Crippen molar-refractivity contribution in [3.8, 4) is 17.3 Å². The lowest BCUT2D eigenvalue weighted by molar-refractivity contribution is 0.108. The summed E-state index contributed by atoms with van der Waals surface area (Å²) in [5, 5.41) is 4.36. The molecule has 4 aliphatic heterocycles. The molecule has 0 radical (unpaired) electrons. The molecule has 1 aliphatic carbocycles. The molecular formula is C31H37FN6O. The molecule has 39 heavy (non-hydrogen) atoms. The van der Waals surface area contributed by atoms with Crippen LogP contribution in [0.5, 0.6) is 6.01 Å². The zero-order valence-electron chi connectivity index (χ0n) is 22.8. The molecule has 2 aromatic heterocycles. The minimum absolute atomic E-state index is 0.0766. The number of pyridine rings is 1. The van der Waals surface area contributed by atoms with Gasteiger partial charge in [-0.15, -0.1) is 0 Å². The fraction of sp³-hybridized carbons (Fsp3) is 0.581. The Morgan fingerprint density at radius 2 is 1.77 bits per heavy atom. The van der Waals surface area contributed by atoms with E-state index in [4.69, 9.17) is 19.7 Å². The molecule has 2 bridgehead atoms. The Kier molecular flexibility index (Phi) is 5.43. The number of hydrogen-bond acceptors (Lipinski definition) is 7. The number of piperazine rings is 1. The molecule has 6 heterocycles. The molecule has 1 N–H and O–H groups in total. The minimum atomic E-state index is -0.377. The number of benzene rings is 1. The number of fused-ring (bicyclic) bond motifs is 4. The Morgan fingerprint density at radius 3 is 2.51 bits per heavy atom. The van der Waals surface area contributed by atoms with Gasteiger partial charge in [-0.3, -0.25) is 9.88 Å². The monoisotopic (exact) mass is 528 g/mol. The van der Waals surface area contributed by atoms with Gasteiger partial charge in [-0.2, -0.15) is 9.97 Å². The largest absolute Gasteiger partial charge is 0.461 e. The van der Waals surface area contributed by atoms with Crippen molar-refractivity contribution in [1.82, 2.24) is 25.2 Å². The molecule has 8 rings (SSSR count). The number of nitrogens with zero attached hydrogens (tertiary/aromatic N) is 5. The molecule has 7 nitrogen and oxygen atoms in total. The molecule has 4 saturated heterocycles. The summed E-state index contributed by atoms with van der Waals surface area (Å²) in [7, 11) is 0. The first kappa shape index (κ1) is 24.0. The second kappa shape index (κ2) is 8.83. The van der Waals surface area contributed by atoms with Gasteiger partial charge in [0.2, 0.25) is 0 Å². The van der Waals surface area contributed by atoms with E-state index in [1.165, 1.54) is 18.4 Å². The quantitative estimate of drug-likeness (QED) is 0.492. The van der Waals surface area contributed by atoms with Crippen LogP contribution in [0.3, 0.4) is 0 Å². The fourth-order valence-corrected chi connectivity index (χ4v) is 7.82. The van der Waals surface area contributed by atoms with Gasteiger partial charge in [-0.05, 0) is 75.4 Å².